The predicted molar refractivity (Wildman–Crippen MR) is 192 cm³/mol. The SMILES string of the molecule is CCCCCCCCCCCCS(=O)(=O)NCCc1nc2n(n1)N=C(C(C)(C)C)/C2=N/c1ccc2c(c1)CCCN2c1ccccn1. The van der Waals surface area contributed by atoms with Gasteiger partial charge in [0.05, 0.1) is 17.2 Å². The van der Waals surface area contributed by atoms with E-state index >= 15 is 0 Å². The van der Waals surface area contributed by atoms with Crippen LogP contribution in [-0.4, -0.2) is 58.5 Å². The standard InChI is InChI=1S/C36H52N8O2S/c1-5-6-7-8-9-10-11-12-13-16-26-47(45,46)38-24-22-31-40-35-33(34(36(2,3)4)42-44(35)41-31)39-29-20-21-30-28(27-29)18-17-25-43(30)32-19-14-15-23-37-32/h14-15,19-21,23,27,38H,5-13,16-18,22,24-26H2,1-4H3/b39-33-. The normalized spacial score (nSPS) is 15.6. The lowest BCUT2D eigenvalue weighted by Crippen LogP contribution is -2.29. The van der Waals surface area contributed by atoms with E-state index in [1.165, 1.54) is 50.5 Å². The number of sulfonamides is 1. The summed E-state index contributed by atoms with van der Waals surface area (Å²) in [6, 6.07) is 12.3. The Morgan fingerprint density at radius 1 is 0.957 bits per heavy atom. The zero-order chi connectivity index (χ0) is 33.3. The average molecular weight is 661 g/mol. The summed E-state index contributed by atoms with van der Waals surface area (Å²) < 4.78 is 27.9. The molecule has 0 atom stereocenters. The van der Waals surface area contributed by atoms with E-state index in [-0.39, 0.29) is 17.7 Å². The number of benzene rings is 1. The molecule has 47 heavy (non-hydrogen) atoms. The molecule has 10 nitrogen and oxygen atoms in total. The van der Waals surface area contributed by atoms with Crippen LogP contribution in [0.1, 0.15) is 116 Å². The fourth-order valence-corrected chi connectivity index (χ4v) is 7.37. The minimum Gasteiger partial charge on any atom is -0.326 e. The zero-order valence-electron chi connectivity index (χ0n) is 28.7. The molecule has 5 rings (SSSR count). The second-order valence-electron chi connectivity index (χ2n) is 13.8. The number of aromatic nitrogens is 4. The first kappa shape index (κ1) is 34.9. The van der Waals surface area contributed by atoms with Crippen LogP contribution in [0.4, 0.5) is 17.2 Å². The van der Waals surface area contributed by atoms with Gasteiger partial charge in [-0.1, -0.05) is 91.5 Å². The molecule has 0 aliphatic carbocycles. The van der Waals surface area contributed by atoms with Gasteiger partial charge in [0, 0.05) is 36.8 Å². The first-order valence-corrected chi connectivity index (χ1v) is 19.2. The number of aliphatic imine (C=N–C) groups is 1. The van der Waals surface area contributed by atoms with Crippen molar-refractivity contribution in [1.82, 2.24) is 24.6 Å². The van der Waals surface area contributed by atoms with Gasteiger partial charge in [-0.15, -0.1) is 9.89 Å². The van der Waals surface area contributed by atoms with Crippen molar-refractivity contribution < 1.29 is 8.42 Å². The maximum Gasteiger partial charge on any atom is 0.211 e. The lowest BCUT2D eigenvalue weighted by Gasteiger charge is -2.30. The van der Waals surface area contributed by atoms with Crippen LogP contribution in [0.15, 0.2) is 52.7 Å². The van der Waals surface area contributed by atoms with Crippen molar-refractivity contribution in [1.29, 1.82) is 0 Å². The van der Waals surface area contributed by atoms with Crippen molar-refractivity contribution in [2.75, 3.05) is 23.7 Å². The Balaban J connectivity index is 1.18. The Kier molecular flexibility index (Phi) is 12.0. The summed E-state index contributed by atoms with van der Waals surface area (Å²) in [7, 11) is -3.33. The fraction of sp³-hybridized carbons (Fsp3) is 0.583. The molecule has 0 fully saturated rings. The van der Waals surface area contributed by atoms with E-state index < -0.39 is 10.0 Å². The molecule has 2 aromatic heterocycles. The molecule has 2 aliphatic rings. The van der Waals surface area contributed by atoms with Gasteiger partial charge in [-0.3, -0.25) is 0 Å². The van der Waals surface area contributed by atoms with Crippen LogP contribution in [0.25, 0.3) is 0 Å². The summed E-state index contributed by atoms with van der Waals surface area (Å²) in [6.07, 6.45) is 16.0. The number of pyridine rings is 1. The molecule has 0 spiro atoms. The number of aryl methyl sites for hydroxylation is 1. The number of anilines is 2. The maximum absolute atomic E-state index is 12.6. The van der Waals surface area contributed by atoms with Gasteiger partial charge >= 0.3 is 0 Å². The molecule has 0 radical (unpaired) electrons. The van der Waals surface area contributed by atoms with Gasteiger partial charge in [0.25, 0.3) is 0 Å². The van der Waals surface area contributed by atoms with Crippen molar-refractivity contribution >= 4 is 38.6 Å². The van der Waals surface area contributed by atoms with E-state index in [0.29, 0.717) is 30.2 Å². The summed E-state index contributed by atoms with van der Waals surface area (Å²) in [4.78, 5) is 18.2. The van der Waals surface area contributed by atoms with Gasteiger partial charge in [0.1, 0.15) is 11.5 Å². The number of nitrogens with zero attached hydrogens (tertiary/aromatic N) is 7. The molecular weight excluding hydrogens is 609 g/mol. The molecule has 2 aliphatic heterocycles. The molecule has 0 unspecified atom stereocenters. The van der Waals surface area contributed by atoms with Crippen LogP contribution in [0.2, 0.25) is 0 Å². The lowest BCUT2D eigenvalue weighted by molar-refractivity contribution is 0.554. The number of unbranched alkanes of at least 4 members (excludes halogenated alkanes) is 9. The van der Waals surface area contributed by atoms with Crippen molar-refractivity contribution in [3.63, 3.8) is 0 Å². The fourth-order valence-electron chi connectivity index (χ4n) is 6.23. The van der Waals surface area contributed by atoms with Crippen molar-refractivity contribution in [3.8, 4) is 0 Å². The quantitative estimate of drug-likeness (QED) is 0.150. The minimum absolute atomic E-state index is 0.160. The van der Waals surface area contributed by atoms with Crippen LogP contribution in [-0.2, 0) is 22.9 Å². The highest BCUT2D eigenvalue weighted by molar-refractivity contribution is 7.89. The van der Waals surface area contributed by atoms with Crippen LogP contribution in [0.5, 0.6) is 0 Å². The molecule has 0 amide bonds. The average Bonchev–Trinajstić information content (AvgIpc) is 3.60. The smallest absolute Gasteiger partial charge is 0.211 e. The molecule has 254 valence electrons. The first-order valence-electron chi connectivity index (χ1n) is 17.6. The van der Waals surface area contributed by atoms with Gasteiger partial charge in [-0.2, -0.15) is 5.10 Å². The Bertz CT molecular complexity index is 1640. The highest BCUT2D eigenvalue weighted by Crippen LogP contribution is 2.35. The Hall–Kier alpha value is -3.44. The van der Waals surface area contributed by atoms with Crippen LogP contribution >= 0.6 is 0 Å². The van der Waals surface area contributed by atoms with Gasteiger partial charge in [-0.05, 0) is 55.2 Å². The van der Waals surface area contributed by atoms with E-state index in [0.717, 1.165) is 55.1 Å². The molecule has 11 heteroatoms. The van der Waals surface area contributed by atoms with Gasteiger partial charge in [0.2, 0.25) is 15.8 Å². The summed E-state index contributed by atoms with van der Waals surface area (Å²) in [6.45, 7) is 9.74. The van der Waals surface area contributed by atoms with Crippen LogP contribution in [0.3, 0.4) is 0 Å². The number of hydrogen-bond acceptors (Lipinski definition) is 8. The first-order chi connectivity index (χ1) is 22.6. The predicted octanol–water partition coefficient (Wildman–Crippen LogP) is 7.52. The van der Waals surface area contributed by atoms with E-state index in [1.54, 1.807) is 4.79 Å². The Morgan fingerprint density at radius 2 is 1.70 bits per heavy atom. The van der Waals surface area contributed by atoms with Crippen molar-refractivity contribution in [2.45, 2.75) is 111 Å². The highest BCUT2D eigenvalue weighted by Gasteiger charge is 2.35. The van der Waals surface area contributed by atoms with Gasteiger partial charge in [-0.25, -0.2) is 28.1 Å². The number of rotatable bonds is 17. The molecule has 3 aromatic rings. The van der Waals surface area contributed by atoms with E-state index in [1.807, 2.05) is 30.5 Å². The third-order valence-electron chi connectivity index (χ3n) is 8.76. The van der Waals surface area contributed by atoms with Gasteiger partial charge in [0.15, 0.2) is 5.82 Å². The molecule has 1 N–H and O–H groups in total. The van der Waals surface area contributed by atoms with E-state index in [4.69, 9.17) is 15.1 Å². The topological polar surface area (TPSA) is 118 Å². The molecule has 0 bridgehead atoms. The molecule has 0 saturated carbocycles. The van der Waals surface area contributed by atoms with E-state index in [2.05, 4.69) is 59.5 Å². The van der Waals surface area contributed by atoms with Crippen LogP contribution in [0, 0.1) is 5.41 Å². The zero-order valence-corrected chi connectivity index (χ0v) is 29.5. The summed E-state index contributed by atoms with van der Waals surface area (Å²) >= 11 is 0. The molecule has 4 heterocycles. The van der Waals surface area contributed by atoms with Crippen molar-refractivity contribution in [3.05, 3.63) is 59.8 Å². The maximum atomic E-state index is 12.6. The Labute approximate surface area is 281 Å². The summed E-state index contributed by atoms with van der Waals surface area (Å²) in [5, 5.41) is 9.38. The molecule has 1 aromatic carbocycles. The number of hydrogen-bond donors (Lipinski definition) is 1. The van der Waals surface area contributed by atoms with E-state index in [9.17, 15) is 8.42 Å². The third-order valence-corrected chi connectivity index (χ3v) is 10.2. The highest BCUT2D eigenvalue weighted by atomic mass is 32.2. The molecular formula is C36H52N8O2S. The minimum atomic E-state index is -3.33. The largest absolute Gasteiger partial charge is 0.326 e. The summed E-state index contributed by atoms with van der Waals surface area (Å²) in [5.74, 6) is 2.24. The lowest BCUT2D eigenvalue weighted by atomic mass is 9.87. The Morgan fingerprint density at radius 3 is 2.40 bits per heavy atom. The second-order valence-corrected chi connectivity index (χ2v) is 15.7. The number of nitrogens with one attached hydrogen (secondary N) is 1. The second kappa shape index (κ2) is 16.1. The number of fused-ring (bicyclic) bond motifs is 2. The molecule has 0 saturated heterocycles. The van der Waals surface area contributed by atoms with Gasteiger partial charge < -0.3 is 4.90 Å². The monoisotopic (exact) mass is 660 g/mol. The van der Waals surface area contributed by atoms with Crippen LogP contribution < -0.4 is 9.62 Å². The van der Waals surface area contributed by atoms with Crippen molar-refractivity contribution in [2.24, 2.45) is 15.5 Å². The summed E-state index contributed by atoms with van der Waals surface area (Å²) in [5.41, 5.74) is 4.50. The third kappa shape index (κ3) is 9.56.